The fourth-order valence-corrected chi connectivity index (χ4v) is 3.57. The highest BCUT2D eigenvalue weighted by atomic mass is 16.3. The molecule has 0 spiro atoms. The van der Waals surface area contributed by atoms with Crippen LogP contribution in [0.5, 0.6) is 0 Å². The molecule has 24 heavy (non-hydrogen) atoms. The summed E-state index contributed by atoms with van der Waals surface area (Å²) >= 11 is 0. The zero-order valence-corrected chi connectivity index (χ0v) is 13.7. The van der Waals surface area contributed by atoms with E-state index in [-0.39, 0.29) is 8.41 Å². The van der Waals surface area contributed by atoms with Crippen molar-refractivity contribution in [3.63, 3.8) is 0 Å². The Morgan fingerprint density at radius 2 is 1.38 bits per heavy atom. The minimum atomic E-state index is 0. The summed E-state index contributed by atoms with van der Waals surface area (Å²) in [6.45, 7) is 0. The number of hydrogen-bond donors (Lipinski definition) is 0. The van der Waals surface area contributed by atoms with Crippen molar-refractivity contribution in [1.82, 2.24) is 0 Å². The Kier molecular flexibility index (Phi) is 5.05. The maximum absolute atomic E-state index is 4.58. The van der Waals surface area contributed by atoms with Gasteiger partial charge in [-0.25, -0.2) is 0 Å². The zero-order chi connectivity index (χ0) is 15.5. The second-order valence-electron chi connectivity index (χ2n) is 6.09. The Balaban J connectivity index is 0.000000245. The second-order valence-corrected chi connectivity index (χ2v) is 6.09. The molecule has 1 aliphatic rings. The maximum Gasteiger partial charge on any atom is 0.0902 e. The molecular formula is C22H20BO. The van der Waals surface area contributed by atoms with E-state index in [4.69, 9.17) is 0 Å². The summed E-state index contributed by atoms with van der Waals surface area (Å²) < 4.78 is 4.58. The fraction of sp³-hybridized carbons (Fsp3) is 0.182. The number of aryl methyl sites for hydroxylation is 2. The molecule has 0 saturated heterocycles. The maximum atomic E-state index is 4.58. The van der Waals surface area contributed by atoms with Crippen molar-refractivity contribution in [3.05, 3.63) is 84.3 Å². The summed E-state index contributed by atoms with van der Waals surface area (Å²) in [5.74, 6) is 0. The van der Waals surface area contributed by atoms with Crippen molar-refractivity contribution < 1.29 is 4.42 Å². The van der Waals surface area contributed by atoms with Crippen molar-refractivity contribution in [1.29, 1.82) is 0 Å². The molecule has 2 heteroatoms. The van der Waals surface area contributed by atoms with Gasteiger partial charge in [-0.05, 0) is 70.5 Å². The third-order valence-electron chi connectivity index (χ3n) is 4.68. The topological polar surface area (TPSA) is 13.1 Å². The van der Waals surface area contributed by atoms with Crippen LogP contribution in [0, 0.1) is 0 Å². The van der Waals surface area contributed by atoms with Crippen LogP contribution in [-0.2, 0) is 12.8 Å². The highest BCUT2D eigenvalue weighted by Gasteiger charge is 2.13. The summed E-state index contributed by atoms with van der Waals surface area (Å²) in [5, 5.41) is 5.64. The lowest BCUT2D eigenvalue weighted by Crippen LogP contribution is -2.02. The van der Waals surface area contributed by atoms with Gasteiger partial charge in [0.2, 0.25) is 0 Å². The minimum absolute atomic E-state index is 0. The van der Waals surface area contributed by atoms with Gasteiger partial charge in [0.05, 0.1) is 12.5 Å². The van der Waals surface area contributed by atoms with Crippen LogP contribution in [0.4, 0.5) is 0 Å². The summed E-state index contributed by atoms with van der Waals surface area (Å²) in [7, 11) is 0. The first-order valence-electron chi connectivity index (χ1n) is 8.33. The van der Waals surface area contributed by atoms with Gasteiger partial charge in [0.1, 0.15) is 0 Å². The standard InChI is InChI=1S/C18H16.C4H4O.B/c1-3-7-15-13(5-1)9-11-18-16-8-4-2-6-14(16)10-12-17(15)18;1-2-4-5-3-1;/h1,3,5,7,9-12H,2,4,6,8H2;1-4H;. The van der Waals surface area contributed by atoms with Crippen molar-refractivity contribution >= 4 is 30.0 Å². The molecular weight excluding hydrogens is 291 g/mol. The van der Waals surface area contributed by atoms with E-state index in [1.807, 2.05) is 12.1 Å². The van der Waals surface area contributed by atoms with Gasteiger partial charge in [0.15, 0.2) is 0 Å². The van der Waals surface area contributed by atoms with Gasteiger partial charge in [-0.3, -0.25) is 0 Å². The van der Waals surface area contributed by atoms with Gasteiger partial charge >= 0.3 is 0 Å². The summed E-state index contributed by atoms with van der Waals surface area (Å²) in [5.41, 5.74) is 3.17. The van der Waals surface area contributed by atoms with E-state index in [1.54, 1.807) is 23.7 Å². The fourth-order valence-electron chi connectivity index (χ4n) is 3.57. The second kappa shape index (κ2) is 7.40. The minimum Gasteiger partial charge on any atom is -0.473 e. The van der Waals surface area contributed by atoms with E-state index in [1.165, 1.54) is 47.2 Å². The first-order chi connectivity index (χ1) is 11.4. The molecule has 3 radical (unpaired) electrons. The number of fused-ring (bicyclic) bond motifs is 5. The Morgan fingerprint density at radius 1 is 0.625 bits per heavy atom. The molecule has 0 unspecified atom stereocenters. The van der Waals surface area contributed by atoms with Gasteiger partial charge in [-0.15, -0.1) is 0 Å². The normalized spacial score (nSPS) is 12.8. The Hall–Kier alpha value is -2.48. The highest BCUT2D eigenvalue weighted by Crippen LogP contribution is 2.33. The molecule has 0 N–H and O–H groups in total. The summed E-state index contributed by atoms with van der Waals surface area (Å²) in [6.07, 6.45) is 8.47. The molecule has 0 atom stereocenters. The van der Waals surface area contributed by atoms with Crippen molar-refractivity contribution in [2.24, 2.45) is 0 Å². The number of furan rings is 1. The van der Waals surface area contributed by atoms with E-state index >= 15 is 0 Å². The van der Waals surface area contributed by atoms with E-state index < -0.39 is 0 Å². The molecule has 0 amide bonds. The molecule has 0 saturated carbocycles. The van der Waals surface area contributed by atoms with Crippen molar-refractivity contribution in [2.45, 2.75) is 25.7 Å². The average molecular weight is 311 g/mol. The predicted octanol–water partition coefficient (Wildman–Crippen LogP) is 5.77. The summed E-state index contributed by atoms with van der Waals surface area (Å²) in [4.78, 5) is 0. The average Bonchev–Trinajstić information content (AvgIpc) is 3.21. The molecule has 1 nitrogen and oxygen atoms in total. The number of benzene rings is 3. The van der Waals surface area contributed by atoms with Gasteiger partial charge in [-0.2, -0.15) is 0 Å². The SMILES string of the molecule is [B].c1ccc2c(c1)ccc1c3c(ccc12)CCCC3.c1ccoc1. The van der Waals surface area contributed by atoms with E-state index in [2.05, 4.69) is 52.9 Å². The van der Waals surface area contributed by atoms with Gasteiger partial charge < -0.3 is 4.42 Å². The molecule has 0 aliphatic heterocycles. The molecule has 1 aromatic heterocycles. The molecule has 0 bridgehead atoms. The Morgan fingerprint density at radius 3 is 2.17 bits per heavy atom. The third-order valence-corrected chi connectivity index (χ3v) is 4.68. The largest absolute Gasteiger partial charge is 0.473 e. The molecule has 117 valence electrons. The first kappa shape index (κ1) is 16.4. The summed E-state index contributed by atoms with van der Waals surface area (Å²) in [6, 6.07) is 21.6. The zero-order valence-electron chi connectivity index (χ0n) is 13.7. The Labute approximate surface area is 144 Å². The predicted molar refractivity (Wildman–Crippen MR) is 103 cm³/mol. The van der Waals surface area contributed by atoms with Crippen LogP contribution >= 0.6 is 0 Å². The molecule has 3 aromatic carbocycles. The first-order valence-corrected chi connectivity index (χ1v) is 8.33. The monoisotopic (exact) mass is 311 g/mol. The van der Waals surface area contributed by atoms with Gasteiger partial charge in [0, 0.05) is 8.41 Å². The van der Waals surface area contributed by atoms with Crippen molar-refractivity contribution in [3.8, 4) is 0 Å². The molecule has 0 fully saturated rings. The smallest absolute Gasteiger partial charge is 0.0902 e. The van der Waals surface area contributed by atoms with Crippen LogP contribution in [0.15, 0.2) is 77.6 Å². The Bertz CT molecular complexity index is 908. The quantitative estimate of drug-likeness (QED) is 0.297. The lowest BCUT2D eigenvalue weighted by Gasteiger charge is -2.18. The van der Waals surface area contributed by atoms with Crippen LogP contribution in [0.3, 0.4) is 0 Å². The van der Waals surface area contributed by atoms with E-state index in [0.717, 1.165) is 0 Å². The van der Waals surface area contributed by atoms with E-state index in [0.29, 0.717) is 0 Å². The van der Waals surface area contributed by atoms with Gasteiger partial charge in [0.25, 0.3) is 0 Å². The van der Waals surface area contributed by atoms with Crippen LogP contribution in [0.25, 0.3) is 21.5 Å². The van der Waals surface area contributed by atoms with Crippen molar-refractivity contribution in [2.75, 3.05) is 0 Å². The number of rotatable bonds is 0. The van der Waals surface area contributed by atoms with E-state index in [9.17, 15) is 0 Å². The highest BCUT2D eigenvalue weighted by molar-refractivity contribution is 6.08. The third kappa shape index (κ3) is 3.10. The molecule has 1 aliphatic carbocycles. The molecule has 5 rings (SSSR count). The molecule has 1 heterocycles. The van der Waals surface area contributed by atoms with Crippen LogP contribution < -0.4 is 0 Å². The van der Waals surface area contributed by atoms with Crippen LogP contribution in [-0.4, -0.2) is 8.41 Å². The van der Waals surface area contributed by atoms with Crippen LogP contribution in [0.1, 0.15) is 24.0 Å². The van der Waals surface area contributed by atoms with Crippen LogP contribution in [0.2, 0.25) is 0 Å². The van der Waals surface area contributed by atoms with Gasteiger partial charge in [-0.1, -0.05) is 48.5 Å². The molecule has 4 aromatic rings. The lowest BCUT2D eigenvalue weighted by molar-refractivity contribution is 0.567. The lowest BCUT2D eigenvalue weighted by atomic mass is 9.86. The number of hydrogen-bond acceptors (Lipinski definition) is 1.